The van der Waals surface area contributed by atoms with Gasteiger partial charge in [-0.15, -0.1) is 0 Å². The average Bonchev–Trinajstić information content (AvgIpc) is 2.40. The molecule has 1 saturated heterocycles. The Labute approximate surface area is 124 Å². The van der Waals surface area contributed by atoms with E-state index >= 15 is 0 Å². The fourth-order valence-corrected chi connectivity index (χ4v) is 2.01. The van der Waals surface area contributed by atoms with Gasteiger partial charge in [-0.2, -0.15) is 5.06 Å². The van der Waals surface area contributed by atoms with Gasteiger partial charge < -0.3 is 4.74 Å². The van der Waals surface area contributed by atoms with Gasteiger partial charge in [-0.1, -0.05) is 36.9 Å². The molecule has 2 rings (SSSR count). The maximum atomic E-state index is 14.3. The van der Waals surface area contributed by atoms with E-state index in [2.05, 4.69) is 6.58 Å². The standard InChI is InChI=1S/C16H20FNO3/c1-11-10-18(15(19)20-16(2,3)4)21-14(13(11)17)12-8-6-5-7-9-12/h5-9,13-14H,1,10H2,2-4H3. The fourth-order valence-electron chi connectivity index (χ4n) is 2.01. The maximum Gasteiger partial charge on any atom is 0.434 e. The number of hydrogen-bond donors (Lipinski definition) is 0. The van der Waals surface area contributed by atoms with Gasteiger partial charge in [0.15, 0.2) is 6.17 Å². The molecule has 114 valence electrons. The molecule has 0 radical (unpaired) electrons. The van der Waals surface area contributed by atoms with E-state index in [0.717, 1.165) is 5.06 Å². The van der Waals surface area contributed by atoms with Crippen LogP contribution in [0, 0.1) is 0 Å². The van der Waals surface area contributed by atoms with E-state index in [4.69, 9.17) is 9.57 Å². The number of halogens is 1. The lowest BCUT2D eigenvalue weighted by Crippen LogP contribution is -2.45. The smallest absolute Gasteiger partial charge is 0.434 e. The molecule has 5 heteroatoms. The first kappa shape index (κ1) is 15.5. The molecule has 1 heterocycles. The minimum Gasteiger partial charge on any atom is -0.442 e. The van der Waals surface area contributed by atoms with E-state index in [1.807, 2.05) is 6.07 Å². The van der Waals surface area contributed by atoms with Crippen LogP contribution in [0.3, 0.4) is 0 Å². The zero-order valence-electron chi connectivity index (χ0n) is 12.5. The van der Waals surface area contributed by atoms with E-state index in [1.165, 1.54) is 0 Å². The minimum atomic E-state index is -1.36. The summed E-state index contributed by atoms with van der Waals surface area (Å²) in [5.41, 5.74) is 0.303. The lowest BCUT2D eigenvalue weighted by atomic mass is 9.99. The SMILES string of the molecule is C=C1CN(C(=O)OC(C)(C)C)OC(c2ccccc2)C1F. The highest BCUT2D eigenvalue weighted by Crippen LogP contribution is 2.33. The van der Waals surface area contributed by atoms with Crippen molar-refractivity contribution in [3.05, 3.63) is 48.0 Å². The first-order chi connectivity index (χ1) is 9.78. The highest BCUT2D eigenvalue weighted by atomic mass is 19.1. The van der Waals surface area contributed by atoms with Crippen LogP contribution in [0.1, 0.15) is 32.4 Å². The number of rotatable bonds is 1. The van der Waals surface area contributed by atoms with Crippen LogP contribution in [0.15, 0.2) is 42.5 Å². The maximum absolute atomic E-state index is 14.3. The van der Waals surface area contributed by atoms with E-state index < -0.39 is 24.0 Å². The summed E-state index contributed by atoms with van der Waals surface area (Å²) in [6.07, 6.45) is -2.89. The van der Waals surface area contributed by atoms with Crippen LogP contribution in [-0.2, 0) is 9.57 Å². The van der Waals surface area contributed by atoms with Crippen LogP contribution in [0.4, 0.5) is 9.18 Å². The lowest BCUT2D eigenvalue weighted by molar-refractivity contribution is -0.211. The zero-order chi connectivity index (χ0) is 15.6. The summed E-state index contributed by atoms with van der Waals surface area (Å²) in [4.78, 5) is 17.5. The quantitative estimate of drug-likeness (QED) is 0.739. The van der Waals surface area contributed by atoms with Crippen molar-refractivity contribution in [1.82, 2.24) is 5.06 Å². The van der Waals surface area contributed by atoms with Gasteiger partial charge in [0.25, 0.3) is 0 Å². The van der Waals surface area contributed by atoms with E-state index in [-0.39, 0.29) is 6.54 Å². The molecule has 0 bridgehead atoms. The Balaban J connectivity index is 2.16. The molecular weight excluding hydrogens is 273 g/mol. The van der Waals surface area contributed by atoms with E-state index in [1.54, 1.807) is 45.0 Å². The zero-order valence-corrected chi connectivity index (χ0v) is 12.5. The third-order valence-corrected chi connectivity index (χ3v) is 2.97. The number of nitrogens with zero attached hydrogens (tertiary/aromatic N) is 1. The summed E-state index contributed by atoms with van der Waals surface area (Å²) in [5.74, 6) is 0. The average molecular weight is 293 g/mol. The van der Waals surface area contributed by atoms with Crippen LogP contribution in [0.25, 0.3) is 0 Å². The number of hydroxylamine groups is 2. The second-order valence-electron chi connectivity index (χ2n) is 6.01. The van der Waals surface area contributed by atoms with Crippen LogP contribution >= 0.6 is 0 Å². The van der Waals surface area contributed by atoms with Gasteiger partial charge in [0, 0.05) is 0 Å². The lowest BCUT2D eigenvalue weighted by Gasteiger charge is -2.36. The van der Waals surface area contributed by atoms with E-state index in [9.17, 15) is 9.18 Å². The number of ether oxygens (including phenoxy) is 1. The highest BCUT2D eigenvalue weighted by molar-refractivity contribution is 5.67. The van der Waals surface area contributed by atoms with E-state index in [0.29, 0.717) is 11.1 Å². The second-order valence-corrected chi connectivity index (χ2v) is 6.01. The topological polar surface area (TPSA) is 38.8 Å². The summed E-state index contributed by atoms with van der Waals surface area (Å²) in [5, 5.41) is 1.03. The molecule has 0 saturated carbocycles. The monoisotopic (exact) mass is 293 g/mol. The van der Waals surface area contributed by atoms with Crippen molar-refractivity contribution in [2.45, 2.75) is 38.6 Å². The van der Waals surface area contributed by atoms with Crippen molar-refractivity contribution in [2.75, 3.05) is 6.54 Å². The Morgan fingerprint density at radius 3 is 2.57 bits per heavy atom. The Kier molecular flexibility index (Phi) is 4.32. The predicted octanol–water partition coefficient (Wildman–Crippen LogP) is 3.80. The van der Waals surface area contributed by atoms with Gasteiger partial charge in [-0.25, -0.2) is 9.18 Å². The molecule has 0 aliphatic carbocycles. The highest BCUT2D eigenvalue weighted by Gasteiger charge is 2.38. The Morgan fingerprint density at radius 2 is 2.00 bits per heavy atom. The number of hydrogen-bond acceptors (Lipinski definition) is 3. The first-order valence-electron chi connectivity index (χ1n) is 6.82. The number of alkyl halides is 1. The summed E-state index contributed by atoms with van der Waals surface area (Å²) in [7, 11) is 0. The number of amides is 1. The van der Waals surface area contributed by atoms with Gasteiger partial charge in [-0.05, 0) is 31.9 Å². The molecule has 1 aromatic rings. The molecule has 2 atom stereocenters. The Morgan fingerprint density at radius 1 is 1.38 bits per heavy atom. The van der Waals surface area contributed by atoms with Crippen LogP contribution < -0.4 is 0 Å². The largest absolute Gasteiger partial charge is 0.442 e. The van der Waals surface area contributed by atoms with Gasteiger partial charge in [0.05, 0.1) is 6.54 Å². The summed E-state index contributed by atoms with van der Waals surface area (Å²) in [6.45, 7) is 8.96. The molecule has 0 spiro atoms. The normalized spacial score (nSPS) is 23.0. The molecule has 1 fully saturated rings. The number of carbonyl (C=O) groups excluding carboxylic acids is 1. The van der Waals surface area contributed by atoms with Crippen molar-refractivity contribution in [2.24, 2.45) is 0 Å². The molecule has 1 amide bonds. The van der Waals surface area contributed by atoms with Crippen LogP contribution in [0.5, 0.6) is 0 Å². The Bertz CT molecular complexity index is 524. The summed E-state index contributed by atoms with van der Waals surface area (Å²) >= 11 is 0. The van der Waals surface area contributed by atoms with Crippen molar-refractivity contribution >= 4 is 6.09 Å². The third kappa shape index (κ3) is 3.82. The van der Waals surface area contributed by atoms with Gasteiger partial charge in [0.1, 0.15) is 11.7 Å². The summed E-state index contributed by atoms with van der Waals surface area (Å²) < 4.78 is 19.5. The van der Waals surface area contributed by atoms with Crippen molar-refractivity contribution in [1.29, 1.82) is 0 Å². The molecule has 2 unspecified atom stereocenters. The minimum absolute atomic E-state index is 0.0145. The molecule has 4 nitrogen and oxygen atoms in total. The molecule has 0 aromatic heterocycles. The third-order valence-electron chi connectivity index (χ3n) is 2.97. The van der Waals surface area contributed by atoms with Crippen molar-refractivity contribution in [3.8, 4) is 0 Å². The fraction of sp³-hybridized carbons (Fsp3) is 0.438. The predicted molar refractivity (Wildman–Crippen MR) is 77.2 cm³/mol. The summed E-state index contributed by atoms with van der Waals surface area (Å²) in [6, 6.07) is 8.92. The first-order valence-corrected chi connectivity index (χ1v) is 6.82. The molecule has 1 aliphatic rings. The second kappa shape index (κ2) is 5.85. The molecule has 0 N–H and O–H groups in total. The number of carbonyl (C=O) groups is 1. The molecular formula is C16H20FNO3. The van der Waals surface area contributed by atoms with Gasteiger partial charge in [0.2, 0.25) is 0 Å². The number of benzene rings is 1. The molecule has 1 aliphatic heterocycles. The van der Waals surface area contributed by atoms with Crippen molar-refractivity contribution < 1.29 is 18.8 Å². The van der Waals surface area contributed by atoms with Crippen LogP contribution in [-0.4, -0.2) is 29.5 Å². The van der Waals surface area contributed by atoms with Gasteiger partial charge >= 0.3 is 6.09 Å². The molecule has 1 aromatic carbocycles. The van der Waals surface area contributed by atoms with Gasteiger partial charge in [-0.3, -0.25) is 4.84 Å². The molecule has 21 heavy (non-hydrogen) atoms. The Hall–Kier alpha value is -1.88. The van der Waals surface area contributed by atoms with Crippen molar-refractivity contribution in [3.63, 3.8) is 0 Å². The van der Waals surface area contributed by atoms with Crippen LogP contribution in [0.2, 0.25) is 0 Å².